The highest BCUT2D eigenvalue weighted by Gasteiger charge is 2.13. The molecule has 1 aromatic carbocycles. The van der Waals surface area contributed by atoms with E-state index in [4.69, 9.17) is 5.11 Å². The van der Waals surface area contributed by atoms with Crippen LogP contribution in [0.3, 0.4) is 0 Å². The zero-order valence-electron chi connectivity index (χ0n) is 8.84. The minimum absolute atomic E-state index is 0.295. The molecule has 2 aromatic rings. The van der Waals surface area contributed by atoms with Crippen molar-refractivity contribution in [2.24, 2.45) is 0 Å². The molecule has 0 spiro atoms. The Hall–Kier alpha value is -1.89. The van der Waals surface area contributed by atoms with Gasteiger partial charge in [-0.1, -0.05) is 29.1 Å². The molecule has 1 heterocycles. The van der Waals surface area contributed by atoms with E-state index in [-0.39, 0.29) is 5.76 Å². The van der Waals surface area contributed by atoms with Gasteiger partial charge in [-0.2, -0.15) is 8.78 Å². The van der Waals surface area contributed by atoms with E-state index in [1.807, 2.05) is 0 Å². The molecule has 0 radical (unpaired) electrons. The third-order valence-electron chi connectivity index (χ3n) is 2.08. The highest BCUT2D eigenvalue weighted by molar-refractivity contribution is 7.99. The van der Waals surface area contributed by atoms with Crippen LogP contribution >= 0.6 is 11.8 Å². The Morgan fingerprint density at radius 2 is 2.17 bits per heavy atom. The molecule has 0 saturated heterocycles. The summed E-state index contributed by atoms with van der Waals surface area (Å²) in [6.07, 6.45) is 0. The fourth-order valence-corrected chi connectivity index (χ4v) is 1.90. The van der Waals surface area contributed by atoms with Gasteiger partial charge in [-0.05, 0) is 12.1 Å². The summed E-state index contributed by atoms with van der Waals surface area (Å²) in [4.78, 5) is 11.0. The van der Waals surface area contributed by atoms with Crippen LogP contribution in [0.5, 0.6) is 0 Å². The first-order chi connectivity index (χ1) is 8.56. The number of hydrogen-bond acceptors (Lipinski definition) is 4. The van der Waals surface area contributed by atoms with Gasteiger partial charge in [0.1, 0.15) is 5.69 Å². The number of aromatic nitrogens is 1. The maximum atomic E-state index is 12.2. The lowest BCUT2D eigenvalue weighted by Gasteiger charge is -2.01. The van der Waals surface area contributed by atoms with Crippen LogP contribution in [0.15, 0.2) is 39.8 Å². The summed E-state index contributed by atoms with van der Waals surface area (Å²) in [5.41, 5.74) is 0.820. The molecule has 0 fully saturated rings. The molecule has 1 N–H and O–H groups in total. The van der Waals surface area contributed by atoms with Gasteiger partial charge in [0.2, 0.25) is 5.76 Å². The van der Waals surface area contributed by atoms with Gasteiger partial charge in [0.15, 0.2) is 0 Å². The lowest BCUT2D eigenvalue weighted by atomic mass is 10.1. The fraction of sp³-hybridized carbons (Fsp3) is 0.0909. The highest BCUT2D eigenvalue weighted by atomic mass is 32.2. The van der Waals surface area contributed by atoms with Crippen molar-refractivity contribution in [2.45, 2.75) is 10.7 Å². The molecule has 0 atom stereocenters. The second-order valence-corrected chi connectivity index (χ2v) is 4.35. The van der Waals surface area contributed by atoms with E-state index in [9.17, 15) is 13.6 Å². The monoisotopic (exact) mass is 271 g/mol. The molecule has 0 bridgehead atoms. The Labute approximate surface area is 105 Å². The number of rotatable bonds is 4. The Morgan fingerprint density at radius 3 is 2.78 bits per heavy atom. The Bertz CT molecular complexity index is 571. The van der Waals surface area contributed by atoms with Crippen LogP contribution in [0.4, 0.5) is 8.78 Å². The van der Waals surface area contributed by atoms with Crippen molar-refractivity contribution in [3.63, 3.8) is 0 Å². The zero-order chi connectivity index (χ0) is 13.1. The number of nitrogens with zero attached hydrogens (tertiary/aromatic N) is 1. The number of carbonyl (C=O) groups is 1. The van der Waals surface area contributed by atoms with Gasteiger partial charge in [0, 0.05) is 16.5 Å². The van der Waals surface area contributed by atoms with E-state index < -0.39 is 11.7 Å². The Morgan fingerprint density at radius 1 is 1.39 bits per heavy atom. The smallest absolute Gasteiger partial charge is 0.374 e. The SMILES string of the molecule is O=C(O)c1cc(-c2cccc(SC(F)F)c2)no1. The van der Waals surface area contributed by atoms with Crippen LogP contribution in [0.25, 0.3) is 11.3 Å². The van der Waals surface area contributed by atoms with Gasteiger partial charge in [-0.3, -0.25) is 0 Å². The number of aromatic carboxylic acids is 1. The molecule has 94 valence electrons. The largest absolute Gasteiger partial charge is 0.475 e. The van der Waals surface area contributed by atoms with E-state index in [0.717, 1.165) is 0 Å². The van der Waals surface area contributed by atoms with E-state index in [0.29, 0.717) is 27.9 Å². The number of benzene rings is 1. The summed E-state index contributed by atoms with van der Waals surface area (Å²) in [6.45, 7) is 0. The number of carboxylic acids is 1. The standard InChI is InChI=1S/C11H7F2NO3S/c12-11(13)18-7-3-1-2-6(4-7)8-5-9(10(15)16)17-14-8/h1-5,11H,(H,15,16). The van der Waals surface area contributed by atoms with Gasteiger partial charge in [0.05, 0.1) is 0 Å². The molecule has 0 saturated carbocycles. The second kappa shape index (κ2) is 5.18. The van der Waals surface area contributed by atoms with Crippen molar-refractivity contribution in [1.82, 2.24) is 5.16 Å². The molecule has 0 aliphatic rings. The first-order valence-corrected chi connectivity index (χ1v) is 5.69. The van der Waals surface area contributed by atoms with Crippen LogP contribution in [0.1, 0.15) is 10.6 Å². The summed E-state index contributed by atoms with van der Waals surface area (Å²) in [7, 11) is 0. The molecule has 0 amide bonds. The fourth-order valence-electron chi connectivity index (χ4n) is 1.34. The van der Waals surface area contributed by atoms with Crippen molar-refractivity contribution < 1.29 is 23.2 Å². The van der Waals surface area contributed by atoms with Crippen molar-refractivity contribution in [1.29, 1.82) is 0 Å². The first kappa shape index (κ1) is 12.6. The topological polar surface area (TPSA) is 63.3 Å². The molecule has 18 heavy (non-hydrogen) atoms. The molecule has 1 aromatic heterocycles. The lowest BCUT2D eigenvalue weighted by molar-refractivity contribution is 0.0652. The van der Waals surface area contributed by atoms with E-state index in [1.165, 1.54) is 12.1 Å². The number of alkyl halides is 2. The van der Waals surface area contributed by atoms with Crippen LogP contribution < -0.4 is 0 Å². The highest BCUT2D eigenvalue weighted by Crippen LogP contribution is 2.29. The van der Waals surface area contributed by atoms with Crippen LogP contribution in [0.2, 0.25) is 0 Å². The molecule has 0 aliphatic carbocycles. The molecule has 2 rings (SSSR count). The number of thioether (sulfide) groups is 1. The summed E-state index contributed by atoms with van der Waals surface area (Å²) in [5, 5.41) is 12.3. The van der Waals surface area contributed by atoms with E-state index in [2.05, 4.69) is 9.68 Å². The molecule has 4 nitrogen and oxygen atoms in total. The van der Waals surface area contributed by atoms with Crippen molar-refractivity contribution in [2.75, 3.05) is 0 Å². The van der Waals surface area contributed by atoms with Gasteiger partial charge < -0.3 is 9.63 Å². The molecule has 0 unspecified atom stereocenters. The summed E-state index contributed by atoms with van der Waals surface area (Å²) in [6, 6.07) is 7.52. The number of carboxylic acid groups (broad SMARTS) is 1. The van der Waals surface area contributed by atoms with Crippen LogP contribution in [0, 0.1) is 0 Å². The number of halogens is 2. The predicted octanol–water partition coefficient (Wildman–Crippen LogP) is 3.35. The summed E-state index contributed by atoms with van der Waals surface area (Å²) >= 11 is 0.412. The van der Waals surface area contributed by atoms with Gasteiger partial charge >= 0.3 is 5.97 Å². The minimum Gasteiger partial charge on any atom is -0.475 e. The third kappa shape index (κ3) is 2.86. The van der Waals surface area contributed by atoms with E-state index >= 15 is 0 Å². The molecular formula is C11H7F2NO3S. The minimum atomic E-state index is -2.51. The quantitative estimate of drug-likeness (QED) is 0.864. The van der Waals surface area contributed by atoms with Gasteiger partial charge in [-0.25, -0.2) is 4.79 Å². The van der Waals surface area contributed by atoms with E-state index in [1.54, 1.807) is 18.2 Å². The Kier molecular flexibility index (Phi) is 3.61. The van der Waals surface area contributed by atoms with Gasteiger partial charge in [-0.15, -0.1) is 0 Å². The maximum Gasteiger partial charge on any atom is 0.374 e. The van der Waals surface area contributed by atoms with Crippen molar-refractivity contribution in [3.05, 3.63) is 36.1 Å². The second-order valence-electron chi connectivity index (χ2n) is 3.29. The molecular weight excluding hydrogens is 264 g/mol. The number of hydrogen-bond donors (Lipinski definition) is 1. The van der Waals surface area contributed by atoms with Crippen LogP contribution in [-0.2, 0) is 0 Å². The lowest BCUT2D eigenvalue weighted by Crippen LogP contribution is -1.91. The zero-order valence-corrected chi connectivity index (χ0v) is 9.66. The van der Waals surface area contributed by atoms with Crippen molar-refractivity contribution >= 4 is 17.7 Å². The maximum absolute atomic E-state index is 12.2. The average molecular weight is 271 g/mol. The Balaban J connectivity index is 2.29. The first-order valence-electron chi connectivity index (χ1n) is 4.81. The molecule has 0 aliphatic heterocycles. The third-order valence-corrected chi connectivity index (χ3v) is 2.78. The summed E-state index contributed by atoms with van der Waals surface area (Å²) < 4.78 is 29.0. The normalized spacial score (nSPS) is 10.8. The van der Waals surface area contributed by atoms with Gasteiger partial charge in [0.25, 0.3) is 5.76 Å². The summed E-state index contributed by atoms with van der Waals surface area (Å²) in [5.74, 6) is -4.03. The predicted molar refractivity (Wildman–Crippen MR) is 60.8 cm³/mol. The average Bonchev–Trinajstić information content (AvgIpc) is 2.77. The molecule has 7 heteroatoms. The van der Waals surface area contributed by atoms with Crippen LogP contribution in [-0.4, -0.2) is 22.0 Å². The van der Waals surface area contributed by atoms with Crippen molar-refractivity contribution in [3.8, 4) is 11.3 Å².